The molecule has 54 heavy (non-hydrogen) atoms. The summed E-state index contributed by atoms with van der Waals surface area (Å²) in [4.78, 5) is 12.0. The van der Waals surface area contributed by atoms with Crippen LogP contribution in [0, 0.1) is 56.7 Å². The Bertz CT molecular complexity index is 1700. The van der Waals surface area contributed by atoms with Gasteiger partial charge in [-0.15, -0.1) is 0 Å². The first-order valence-corrected chi connectivity index (χ1v) is 23.6. The van der Waals surface area contributed by atoms with E-state index >= 15 is 0 Å². The van der Waals surface area contributed by atoms with Crippen molar-refractivity contribution in [3.8, 4) is 0 Å². The van der Waals surface area contributed by atoms with Crippen LogP contribution in [0.5, 0.6) is 0 Å². The second-order valence-electron chi connectivity index (χ2n) is 21.5. The molecule has 6 nitrogen and oxygen atoms in total. The Morgan fingerprint density at radius 3 is 2.30 bits per heavy atom. The number of carboxylic acids is 1. The summed E-state index contributed by atoms with van der Waals surface area (Å²) in [6.45, 7) is 19.6. The number of carboxylic acid groups (broad SMARTS) is 1. The molecule has 0 aromatic carbocycles. The van der Waals surface area contributed by atoms with Crippen molar-refractivity contribution in [3.63, 3.8) is 0 Å². The van der Waals surface area contributed by atoms with Crippen LogP contribution in [0.4, 0.5) is 4.39 Å². The fraction of sp³-hybridized carbons (Fsp3) is 0.848. The van der Waals surface area contributed by atoms with Gasteiger partial charge in [0.1, 0.15) is 16.5 Å². The maximum atomic E-state index is 14.0. The molecule has 0 heterocycles. The number of halogens is 1. The summed E-state index contributed by atoms with van der Waals surface area (Å²) >= 11 is 0. The Labute approximate surface area is 326 Å². The average molecular weight is 770 g/mol. The molecule has 7 aliphatic rings. The molecule has 0 aliphatic heterocycles. The van der Waals surface area contributed by atoms with Gasteiger partial charge in [0, 0.05) is 11.8 Å². The molecule has 0 aromatic rings. The Morgan fingerprint density at radius 2 is 1.67 bits per heavy atom. The molecule has 0 bridgehead atoms. The van der Waals surface area contributed by atoms with Gasteiger partial charge in [-0.25, -0.2) is 12.8 Å². The first-order valence-electron chi connectivity index (χ1n) is 21.6. The summed E-state index contributed by atoms with van der Waals surface area (Å²) in [5.74, 6) is 1.73. The Kier molecular flexibility index (Phi) is 10.2. The third-order valence-electron chi connectivity index (χ3n) is 18.8. The fourth-order valence-corrected chi connectivity index (χ4v) is 16.8. The van der Waals surface area contributed by atoms with Gasteiger partial charge in [0.15, 0.2) is 0 Å². The zero-order valence-electron chi connectivity index (χ0n) is 34.7. The number of rotatable bonds is 9. The molecule has 304 valence electrons. The predicted molar refractivity (Wildman–Crippen MR) is 215 cm³/mol. The molecule has 0 saturated heterocycles. The van der Waals surface area contributed by atoms with Crippen LogP contribution in [0.1, 0.15) is 151 Å². The summed E-state index contributed by atoms with van der Waals surface area (Å²) in [5.41, 5.74) is 2.33. The van der Waals surface area contributed by atoms with E-state index in [1.807, 2.05) is 0 Å². The summed E-state index contributed by atoms with van der Waals surface area (Å²) in [6, 6.07) is 0. The second kappa shape index (κ2) is 13.5. The third-order valence-corrected chi connectivity index (χ3v) is 20.4. The molecule has 5 saturated carbocycles. The Balaban J connectivity index is 1.13. The highest BCUT2D eigenvalue weighted by molar-refractivity contribution is 7.91. The van der Waals surface area contributed by atoms with E-state index in [0.717, 1.165) is 38.6 Å². The van der Waals surface area contributed by atoms with Crippen molar-refractivity contribution in [2.45, 2.75) is 167 Å². The number of hydrogen-bond acceptors (Lipinski definition) is 5. The number of allylic oxidation sites excluding steroid dienone is 5. The predicted octanol–water partition coefficient (Wildman–Crippen LogP) is 9.78. The minimum atomic E-state index is -3.17. The van der Waals surface area contributed by atoms with Crippen LogP contribution in [-0.4, -0.2) is 60.5 Å². The highest BCUT2D eigenvalue weighted by Crippen LogP contribution is 2.76. The van der Waals surface area contributed by atoms with Crippen molar-refractivity contribution < 1.29 is 27.8 Å². The Hall–Kier alpha value is -1.51. The van der Waals surface area contributed by atoms with Crippen molar-refractivity contribution in [1.82, 2.24) is 5.32 Å². The molecule has 0 radical (unpaired) electrons. The van der Waals surface area contributed by atoms with Crippen LogP contribution < -0.4 is 5.32 Å². The molecule has 7 rings (SSSR count). The number of sulfone groups is 1. The van der Waals surface area contributed by atoms with Crippen LogP contribution in [0.3, 0.4) is 0 Å². The average Bonchev–Trinajstić information content (AvgIpc) is 3.48. The summed E-state index contributed by atoms with van der Waals surface area (Å²) in [7, 11) is -3.17. The van der Waals surface area contributed by atoms with Crippen molar-refractivity contribution in [2.75, 3.05) is 19.5 Å². The Morgan fingerprint density at radius 1 is 0.926 bits per heavy atom. The van der Waals surface area contributed by atoms with Crippen molar-refractivity contribution >= 4 is 15.8 Å². The molecular weight excluding hydrogens is 698 g/mol. The van der Waals surface area contributed by atoms with E-state index in [1.165, 1.54) is 55.1 Å². The van der Waals surface area contributed by atoms with Gasteiger partial charge in [-0.05, 0) is 185 Å². The van der Waals surface area contributed by atoms with Gasteiger partial charge in [-0.2, -0.15) is 0 Å². The quantitative estimate of drug-likeness (QED) is 0.202. The van der Waals surface area contributed by atoms with E-state index in [-0.39, 0.29) is 33.6 Å². The number of aliphatic hydroxyl groups is 1. The monoisotopic (exact) mass is 770 g/mol. The van der Waals surface area contributed by atoms with Crippen LogP contribution in [-0.2, 0) is 14.6 Å². The first-order chi connectivity index (χ1) is 25.1. The van der Waals surface area contributed by atoms with Crippen molar-refractivity contribution in [1.29, 1.82) is 0 Å². The van der Waals surface area contributed by atoms with Crippen LogP contribution in [0.25, 0.3) is 0 Å². The van der Waals surface area contributed by atoms with E-state index in [4.69, 9.17) is 0 Å². The third kappa shape index (κ3) is 6.09. The molecule has 8 heteroatoms. The molecule has 0 amide bonds. The zero-order valence-corrected chi connectivity index (χ0v) is 35.5. The lowest BCUT2D eigenvalue weighted by atomic mass is 9.33. The molecule has 7 aliphatic carbocycles. The number of alkyl halides is 1. The molecule has 12 atom stereocenters. The first kappa shape index (κ1) is 40.7. The fourth-order valence-electron chi connectivity index (χ4n) is 15.5. The van der Waals surface area contributed by atoms with Gasteiger partial charge in [-0.1, -0.05) is 58.9 Å². The van der Waals surface area contributed by atoms with E-state index in [9.17, 15) is 27.8 Å². The van der Waals surface area contributed by atoms with E-state index in [0.29, 0.717) is 68.1 Å². The maximum absolute atomic E-state index is 14.0. The zero-order chi connectivity index (χ0) is 39.3. The SMILES string of the molecule is C=C(C)[C@@H]1CC[C@]2(NCC[C@]3(O)CCC[C@H](S(C)(=O)=O)C3)CC[C@]3(C)[C@H](CC[C@@H]4[C@@]5(C)CC=C(C6=CC[C@](CF)(C(=O)O)CC6)C(C)(C)[C@@H]5CC[C@]43C)[C@@H]12. The molecule has 0 aromatic heterocycles. The van der Waals surface area contributed by atoms with Gasteiger partial charge in [0.25, 0.3) is 0 Å². The lowest BCUT2D eigenvalue weighted by molar-refractivity contribution is -0.221. The number of aliphatic carboxylic acids is 1. The number of nitrogens with one attached hydrogen (secondary N) is 1. The summed E-state index contributed by atoms with van der Waals surface area (Å²) in [6.07, 6.45) is 20.8. The number of fused-ring (bicyclic) bond motifs is 7. The molecule has 5 fully saturated rings. The van der Waals surface area contributed by atoms with Crippen LogP contribution in [0.2, 0.25) is 0 Å². The molecule has 3 N–H and O–H groups in total. The van der Waals surface area contributed by atoms with E-state index < -0.39 is 38.7 Å². The van der Waals surface area contributed by atoms with Gasteiger partial charge in [0.2, 0.25) is 0 Å². The highest BCUT2D eigenvalue weighted by Gasteiger charge is 2.70. The van der Waals surface area contributed by atoms with Crippen molar-refractivity contribution in [2.24, 2.45) is 56.7 Å². The van der Waals surface area contributed by atoms with Gasteiger partial charge in [-0.3, -0.25) is 4.79 Å². The minimum absolute atomic E-state index is 0.0257. The van der Waals surface area contributed by atoms with Gasteiger partial charge < -0.3 is 15.5 Å². The highest BCUT2D eigenvalue weighted by atomic mass is 32.2. The maximum Gasteiger partial charge on any atom is 0.312 e. The second-order valence-corrected chi connectivity index (χ2v) is 23.8. The lowest BCUT2D eigenvalue weighted by Gasteiger charge is -2.72. The minimum Gasteiger partial charge on any atom is -0.481 e. The number of hydrogen-bond donors (Lipinski definition) is 3. The van der Waals surface area contributed by atoms with Gasteiger partial charge in [0.05, 0.1) is 16.3 Å². The molecule has 0 spiro atoms. The summed E-state index contributed by atoms with van der Waals surface area (Å²) < 4.78 is 38.8. The smallest absolute Gasteiger partial charge is 0.312 e. The normalized spacial score (nSPS) is 47.3. The molecular formula is C46H72FNO5S. The van der Waals surface area contributed by atoms with Crippen LogP contribution in [0.15, 0.2) is 35.5 Å². The van der Waals surface area contributed by atoms with E-state index in [1.54, 1.807) is 0 Å². The van der Waals surface area contributed by atoms with Crippen LogP contribution >= 0.6 is 0 Å². The largest absolute Gasteiger partial charge is 0.481 e. The topological polar surface area (TPSA) is 104 Å². The number of carbonyl (C=O) groups is 1. The summed E-state index contributed by atoms with van der Waals surface area (Å²) in [5, 5.41) is 25.2. The van der Waals surface area contributed by atoms with Crippen molar-refractivity contribution in [3.05, 3.63) is 35.5 Å². The molecule has 0 unspecified atom stereocenters. The standard InChI is InChI=1S/C46H72FNO5S/c1-30(2)33-15-23-46(48-27-26-45(51)18-9-10-32(28-45)54(8,52)53)25-24-42(6)35(38(33)46)11-12-37-41(5)19-16-34(40(3,4)36(41)17-20-43(37,42)7)31-13-21-44(29-47,22-14-31)39(49)50/h13,16,32-33,35-38,48,51H,1,9-12,14-15,17-29H2,2-8H3,(H,49,50)/t32-,33-,35+,36-,37+,38+,41-,42+,43+,44-,45+,46-/m0/s1. The van der Waals surface area contributed by atoms with Gasteiger partial charge >= 0.3 is 5.97 Å². The lowest BCUT2D eigenvalue weighted by Crippen LogP contribution is -2.68. The van der Waals surface area contributed by atoms with E-state index in [2.05, 4.69) is 65.6 Å².